The largest absolute Gasteiger partial charge is 0.488 e. The molecule has 1 fully saturated rings. The second-order valence-electron chi connectivity index (χ2n) is 5.86. The molecule has 1 atom stereocenters. The first-order chi connectivity index (χ1) is 11.7. The molecule has 5 heteroatoms. The first-order valence-electron chi connectivity index (χ1n) is 8.03. The van der Waals surface area contributed by atoms with Gasteiger partial charge in [-0.1, -0.05) is 43.0 Å². The summed E-state index contributed by atoms with van der Waals surface area (Å²) in [7, 11) is 0. The molecule has 1 unspecified atom stereocenters. The Hall–Kier alpha value is -2.66. The predicted octanol–water partition coefficient (Wildman–Crippen LogP) is 3.94. The topological polar surface area (TPSA) is 64.4 Å². The quantitative estimate of drug-likeness (QED) is 0.646. The van der Waals surface area contributed by atoms with E-state index in [-0.39, 0.29) is 16.7 Å². The van der Waals surface area contributed by atoms with Crippen LogP contribution in [0.2, 0.25) is 0 Å². The lowest BCUT2D eigenvalue weighted by Gasteiger charge is -2.18. The average Bonchev–Trinajstić information content (AvgIpc) is 3.14. The van der Waals surface area contributed by atoms with E-state index in [1.807, 2.05) is 30.3 Å². The molecular formula is C19H20N2O3. The summed E-state index contributed by atoms with van der Waals surface area (Å²) in [6, 6.07) is 14.7. The van der Waals surface area contributed by atoms with Crippen molar-refractivity contribution >= 4 is 11.3 Å². The van der Waals surface area contributed by atoms with Crippen LogP contribution in [0.5, 0.6) is 5.75 Å². The summed E-state index contributed by atoms with van der Waals surface area (Å²) in [6.45, 7) is 5.39. The first-order valence-corrected chi connectivity index (χ1v) is 8.03. The molecule has 2 aromatic carbocycles. The lowest BCUT2D eigenvalue weighted by molar-refractivity contribution is -0.385. The Labute approximate surface area is 141 Å². The number of nitrogens with zero attached hydrogens (tertiary/aromatic N) is 1. The van der Waals surface area contributed by atoms with Crippen molar-refractivity contribution < 1.29 is 9.66 Å². The number of benzene rings is 2. The fraction of sp³-hybridized carbons (Fsp3) is 0.263. The van der Waals surface area contributed by atoms with E-state index < -0.39 is 0 Å². The van der Waals surface area contributed by atoms with Gasteiger partial charge in [0.2, 0.25) is 0 Å². The molecule has 1 aliphatic rings. The Bertz CT molecular complexity index is 738. The number of nitro benzene ring substituents is 1. The number of rotatable bonds is 6. The van der Waals surface area contributed by atoms with Gasteiger partial charge < -0.3 is 10.1 Å². The second-order valence-corrected chi connectivity index (χ2v) is 5.86. The van der Waals surface area contributed by atoms with Crippen LogP contribution in [0.15, 0.2) is 55.1 Å². The highest BCUT2D eigenvalue weighted by atomic mass is 16.6. The number of nitrogens with one attached hydrogen (secondary N) is 1. The molecule has 124 valence electrons. The Balaban J connectivity index is 1.91. The first kappa shape index (κ1) is 16.2. The molecule has 2 aromatic rings. The van der Waals surface area contributed by atoms with E-state index in [0.717, 1.165) is 30.5 Å². The van der Waals surface area contributed by atoms with Crippen molar-refractivity contribution in [3.63, 3.8) is 0 Å². The minimum absolute atomic E-state index is 0.0410. The van der Waals surface area contributed by atoms with Gasteiger partial charge >= 0.3 is 0 Å². The van der Waals surface area contributed by atoms with Crippen LogP contribution < -0.4 is 10.1 Å². The van der Waals surface area contributed by atoms with Crippen molar-refractivity contribution in [1.82, 2.24) is 5.32 Å². The van der Waals surface area contributed by atoms with Gasteiger partial charge in [-0.05, 0) is 36.6 Å². The van der Waals surface area contributed by atoms with Crippen LogP contribution in [0.3, 0.4) is 0 Å². The number of nitro groups is 1. The van der Waals surface area contributed by atoms with Crippen LogP contribution in [0.4, 0.5) is 5.69 Å². The van der Waals surface area contributed by atoms with Gasteiger partial charge in [0.05, 0.1) is 10.5 Å². The molecule has 5 nitrogen and oxygen atoms in total. The lowest BCUT2D eigenvalue weighted by Crippen LogP contribution is -2.23. The van der Waals surface area contributed by atoms with Gasteiger partial charge in [-0.3, -0.25) is 10.1 Å². The maximum atomic E-state index is 11.5. The average molecular weight is 324 g/mol. The molecule has 24 heavy (non-hydrogen) atoms. The van der Waals surface area contributed by atoms with E-state index in [2.05, 4.69) is 11.9 Å². The zero-order chi connectivity index (χ0) is 16.9. The van der Waals surface area contributed by atoms with Crippen molar-refractivity contribution in [2.75, 3.05) is 6.54 Å². The number of hydrogen-bond donors (Lipinski definition) is 1. The minimum Gasteiger partial charge on any atom is -0.488 e. The molecule has 3 rings (SSSR count). The maximum Gasteiger partial charge on any atom is 0.280 e. The van der Waals surface area contributed by atoms with Gasteiger partial charge in [-0.2, -0.15) is 0 Å². The van der Waals surface area contributed by atoms with Crippen LogP contribution >= 0.6 is 0 Å². The summed E-state index contributed by atoms with van der Waals surface area (Å²) in [6.07, 6.45) is 1.98. The number of hydrogen-bond acceptors (Lipinski definition) is 4. The Morgan fingerprint density at radius 1 is 1.25 bits per heavy atom. The third-order valence-electron chi connectivity index (χ3n) is 4.24. The van der Waals surface area contributed by atoms with Gasteiger partial charge in [0.15, 0.2) is 0 Å². The van der Waals surface area contributed by atoms with E-state index in [4.69, 9.17) is 4.74 Å². The Morgan fingerprint density at radius 3 is 2.71 bits per heavy atom. The molecule has 1 aliphatic heterocycles. The normalized spacial score (nSPS) is 16.8. The van der Waals surface area contributed by atoms with Crippen LogP contribution in [0, 0.1) is 10.1 Å². The molecule has 0 bridgehead atoms. The highest BCUT2D eigenvalue weighted by Gasteiger charge is 2.27. The standard InChI is InChI=1S/C19H20N2O3/c1-14(16-9-6-12-20-16)19-17(21(22)23)10-5-11-18(19)24-13-15-7-3-2-4-8-15/h2-5,7-8,10-11,16,20H,1,6,9,12-13H2. The zero-order valence-electron chi connectivity index (χ0n) is 13.4. The van der Waals surface area contributed by atoms with Crippen molar-refractivity contribution in [1.29, 1.82) is 0 Å². The highest BCUT2D eigenvalue weighted by Crippen LogP contribution is 2.37. The van der Waals surface area contributed by atoms with E-state index >= 15 is 0 Å². The molecule has 0 aromatic heterocycles. The van der Waals surface area contributed by atoms with Crippen molar-refractivity contribution in [3.8, 4) is 5.75 Å². The molecular weight excluding hydrogens is 304 g/mol. The maximum absolute atomic E-state index is 11.5. The molecule has 1 saturated heterocycles. The monoisotopic (exact) mass is 324 g/mol. The third-order valence-corrected chi connectivity index (χ3v) is 4.24. The summed E-state index contributed by atoms with van der Waals surface area (Å²) in [5.74, 6) is 0.506. The van der Waals surface area contributed by atoms with Crippen molar-refractivity contribution in [2.45, 2.75) is 25.5 Å². The zero-order valence-corrected chi connectivity index (χ0v) is 13.4. The molecule has 0 amide bonds. The van der Waals surface area contributed by atoms with Gasteiger partial charge in [-0.15, -0.1) is 0 Å². The smallest absolute Gasteiger partial charge is 0.280 e. The molecule has 0 radical (unpaired) electrons. The SMILES string of the molecule is C=C(c1c(OCc2ccccc2)cccc1[N+](=O)[O-])C1CCCN1. The molecule has 0 aliphatic carbocycles. The fourth-order valence-electron chi connectivity index (χ4n) is 3.01. The molecule has 1 N–H and O–H groups in total. The summed E-state index contributed by atoms with van der Waals surface area (Å²) in [5, 5.41) is 14.8. The van der Waals surface area contributed by atoms with Crippen LogP contribution in [0.1, 0.15) is 24.0 Å². The van der Waals surface area contributed by atoms with Crippen molar-refractivity contribution in [3.05, 3.63) is 76.4 Å². The summed E-state index contributed by atoms with van der Waals surface area (Å²) >= 11 is 0. The Morgan fingerprint density at radius 2 is 2.04 bits per heavy atom. The van der Waals surface area contributed by atoms with Crippen LogP contribution in [-0.4, -0.2) is 17.5 Å². The van der Waals surface area contributed by atoms with E-state index in [9.17, 15) is 10.1 Å². The predicted molar refractivity (Wildman–Crippen MR) is 93.9 cm³/mol. The third kappa shape index (κ3) is 3.46. The van der Waals surface area contributed by atoms with Gasteiger partial charge in [0.25, 0.3) is 5.69 Å². The molecule has 0 saturated carbocycles. The van der Waals surface area contributed by atoms with Crippen molar-refractivity contribution in [2.24, 2.45) is 0 Å². The van der Waals surface area contributed by atoms with Gasteiger partial charge in [0.1, 0.15) is 12.4 Å². The number of ether oxygens (including phenoxy) is 1. The molecule has 0 spiro atoms. The highest BCUT2D eigenvalue weighted by molar-refractivity contribution is 5.79. The van der Waals surface area contributed by atoms with E-state index in [0.29, 0.717) is 17.9 Å². The van der Waals surface area contributed by atoms with E-state index in [1.54, 1.807) is 12.1 Å². The van der Waals surface area contributed by atoms with E-state index in [1.165, 1.54) is 6.07 Å². The van der Waals surface area contributed by atoms with Crippen LogP contribution in [0.25, 0.3) is 5.57 Å². The fourth-order valence-corrected chi connectivity index (χ4v) is 3.01. The summed E-state index contributed by atoms with van der Waals surface area (Å²) in [5.41, 5.74) is 2.28. The summed E-state index contributed by atoms with van der Waals surface area (Å²) < 4.78 is 5.90. The Kier molecular flexibility index (Phi) is 4.91. The second kappa shape index (κ2) is 7.27. The molecule has 1 heterocycles. The van der Waals surface area contributed by atoms with Gasteiger partial charge in [-0.25, -0.2) is 0 Å². The van der Waals surface area contributed by atoms with Crippen LogP contribution in [-0.2, 0) is 6.61 Å². The van der Waals surface area contributed by atoms with Gasteiger partial charge in [0, 0.05) is 12.1 Å². The lowest BCUT2D eigenvalue weighted by atomic mass is 9.96. The summed E-state index contributed by atoms with van der Waals surface area (Å²) in [4.78, 5) is 11.1. The minimum atomic E-state index is -0.370.